The zero-order valence-corrected chi connectivity index (χ0v) is 21.7. The molecular formula is C26H20Cl2N2O3S2. The van der Waals surface area contributed by atoms with Gasteiger partial charge in [0, 0.05) is 0 Å². The Balaban J connectivity index is 1.37. The lowest BCUT2D eigenvalue weighted by molar-refractivity contribution is -0.123. The summed E-state index contributed by atoms with van der Waals surface area (Å²) in [5, 5.41) is 3.30. The smallest absolute Gasteiger partial charge is 0.266 e. The first-order valence-corrected chi connectivity index (χ1v) is 12.6. The summed E-state index contributed by atoms with van der Waals surface area (Å²) in [7, 11) is 0. The number of nitrogens with one attached hydrogen (secondary N) is 1. The van der Waals surface area contributed by atoms with E-state index in [2.05, 4.69) is 5.32 Å². The molecule has 0 aliphatic carbocycles. The van der Waals surface area contributed by atoms with Crippen molar-refractivity contribution in [3.05, 3.63) is 98.9 Å². The molecule has 0 radical (unpaired) electrons. The summed E-state index contributed by atoms with van der Waals surface area (Å²) in [6, 6.07) is 21.7. The van der Waals surface area contributed by atoms with Gasteiger partial charge < -0.3 is 10.1 Å². The fourth-order valence-electron chi connectivity index (χ4n) is 3.44. The summed E-state index contributed by atoms with van der Waals surface area (Å²) in [4.78, 5) is 27.4. The van der Waals surface area contributed by atoms with Gasteiger partial charge in [-0.1, -0.05) is 95.7 Å². The predicted molar refractivity (Wildman–Crippen MR) is 147 cm³/mol. The normalized spacial score (nSPS) is 15.4. The molecule has 1 fully saturated rings. The number of benzene rings is 3. The standard InChI is InChI=1S/C26H20Cl2N2O3S2/c1-16(18-6-3-2-4-7-18)30-25(32)22(35-26(30)34)14-17-10-12-19(13-11-17)33-15-23(31)29-21-9-5-8-20(27)24(21)28/h2-14,16H,15H2,1H3,(H,29,31)/b22-14-/t16-/m0/s1. The van der Waals surface area contributed by atoms with Crippen molar-refractivity contribution in [2.75, 3.05) is 11.9 Å². The van der Waals surface area contributed by atoms with Crippen LogP contribution in [-0.4, -0.2) is 27.6 Å². The van der Waals surface area contributed by atoms with Gasteiger partial charge in [0.15, 0.2) is 6.61 Å². The number of hydrogen-bond acceptors (Lipinski definition) is 5. The average Bonchev–Trinajstić information content (AvgIpc) is 3.14. The number of hydrogen-bond donors (Lipinski definition) is 1. The van der Waals surface area contributed by atoms with Crippen LogP contribution in [0.15, 0.2) is 77.7 Å². The van der Waals surface area contributed by atoms with E-state index in [9.17, 15) is 9.59 Å². The molecule has 4 rings (SSSR count). The molecule has 0 spiro atoms. The summed E-state index contributed by atoms with van der Waals surface area (Å²) in [6.07, 6.45) is 1.80. The Kier molecular flexibility index (Phi) is 8.13. The topological polar surface area (TPSA) is 58.6 Å². The number of halogens is 2. The predicted octanol–water partition coefficient (Wildman–Crippen LogP) is 6.97. The molecule has 1 N–H and O–H groups in total. The molecule has 1 aliphatic rings. The number of carbonyl (C=O) groups excluding carboxylic acids is 2. The van der Waals surface area contributed by atoms with E-state index in [1.807, 2.05) is 49.4 Å². The average molecular weight is 543 g/mol. The number of carbonyl (C=O) groups is 2. The summed E-state index contributed by atoms with van der Waals surface area (Å²) in [6.45, 7) is 1.77. The molecule has 0 unspecified atom stereocenters. The Bertz CT molecular complexity index is 1300. The maximum absolute atomic E-state index is 13.0. The summed E-state index contributed by atoms with van der Waals surface area (Å²) in [5.41, 5.74) is 2.26. The monoisotopic (exact) mass is 542 g/mol. The lowest BCUT2D eigenvalue weighted by atomic mass is 10.1. The maximum Gasteiger partial charge on any atom is 0.266 e. The van der Waals surface area contributed by atoms with Gasteiger partial charge in [-0.2, -0.15) is 0 Å². The van der Waals surface area contributed by atoms with Crippen LogP contribution in [0.2, 0.25) is 10.0 Å². The Morgan fingerprint density at radius 3 is 2.51 bits per heavy atom. The molecule has 0 saturated carbocycles. The van der Waals surface area contributed by atoms with E-state index in [1.165, 1.54) is 11.8 Å². The number of anilines is 1. The first-order valence-electron chi connectivity index (χ1n) is 10.6. The molecule has 2 amide bonds. The number of thioether (sulfide) groups is 1. The number of amides is 2. The molecule has 9 heteroatoms. The van der Waals surface area contributed by atoms with E-state index < -0.39 is 0 Å². The van der Waals surface area contributed by atoms with Crippen LogP contribution in [0.3, 0.4) is 0 Å². The Hall–Kier alpha value is -2.84. The molecule has 1 aliphatic heterocycles. The third kappa shape index (κ3) is 6.05. The van der Waals surface area contributed by atoms with Gasteiger partial charge in [0.05, 0.1) is 26.7 Å². The second-order valence-electron chi connectivity index (χ2n) is 7.65. The lowest BCUT2D eigenvalue weighted by Crippen LogP contribution is -2.30. The van der Waals surface area contributed by atoms with E-state index in [4.69, 9.17) is 40.2 Å². The van der Waals surface area contributed by atoms with Crippen molar-refractivity contribution in [1.82, 2.24) is 4.90 Å². The zero-order valence-electron chi connectivity index (χ0n) is 18.5. The quantitative estimate of drug-likeness (QED) is 0.258. The van der Waals surface area contributed by atoms with E-state index in [0.717, 1.165) is 11.1 Å². The number of rotatable bonds is 7. The van der Waals surface area contributed by atoms with Gasteiger partial charge in [-0.3, -0.25) is 14.5 Å². The maximum atomic E-state index is 13.0. The van der Waals surface area contributed by atoms with Crippen LogP contribution in [0, 0.1) is 0 Å². The molecule has 3 aromatic rings. The molecule has 1 heterocycles. The van der Waals surface area contributed by atoms with Crippen molar-refractivity contribution < 1.29 is 14.3 Å². The molecule has 5 nitrogen and oxygen atoms in total. The Labute approximate surface area is 223 Å². The van der Waals surface area contributed by atoms with Gasteiger partial charge in [-0.05, 0) is 48.4 Å². The van der Waals surface area contributed by atoms with Crippen LogP contribution in [0.1, 0.15) is 24.1 Å². The highest BCUT2D eigenvalue weighted by Crippen LogP contribution is 2.38. The molecule has 178 valence electrons. The van der Waals surface area contributed by atoms with Crippen molar-refractivity contribution in [1.29, 1.82) is 0 Å². The minimum Gasteiger partial charge on any atom is -0.484 e. The van der Waals surface area contributed by atoms with Gasteiger partial charge in [-0.15, -0.1) is 0 Å². The molecule has 35 heavy (non-hydrogen) atoms. The minimum atomic E-state index is -0.366. The fourth-order valence-corrected chi connectivity index (χ4v) is 5.21. The van der Waals surface area contributed by atoms with E-state index in [1.54, 1.807) is 41.3 Å². The van der Waals surface area contributed by atoms with Gasteiger partial charge >= 0.3 is 0 Å². The van der Waals surface area contributed by atoms with E-state index in [0.29, 0.717) is 25.7 Å². The molecule has 3 aromatic carbocycles. The van der Waals surface area contributed by atoms with Gasteiger partial charge in [0.2, 0.25) is 0 Å². The van der Waals surface area contributed by atoms with E-state index >= 15 is 0 Å². The van der Waals surface area contributed by atoms with Gasteiger partial charge in [0.1, 0.15) is 10.1 Å². The number of nitrogens with zero attached hydrogens (tertiary/aromatic N) is 1. The highest BCUT2D eigenvalue weighted by molar-refractivity contribution is 8.26. The largest absolute Gasteiger partial charge is 0.484 e. The third-order valence-electron chi connectivity index (χ3n) is 5.27. The second-order valence-corrected chi connectivity index (χ2v) is 10.1. The Morgan fingerprint density at radius 2 is 1.80 bits per heavy atom. The van der Waals surface area contributed by atoms with Gasteiger partial charge in [-0.25, -0.2) is 0 Å². The van der Waals surface area contributed by atoms with Crippen molar-refractivity contribution in [3.63, 3.8) is 0 Å². The van der Waals surface area contributed by atoms with Crippen molar-refractivity contribution in [2.24, 2.45) is 0 Å². The van der Waals surface area contributed by atoms with E-state index in [-0.39, 0.29) is 29.5 Å². The second kappa shape index (κ2) is 11.3. The number of ether oxygens (including phenoxy) is 1. The van der Waals surface area contributed by atoms with Crippen LogP contribution in [-0.2, 0) is 9.59 Å². The van der Waals surface area contributed by atoms with Crippen LogP contribution < -0.4 is 10.1 Å². The van der Waals surface area contributed by atoms with Crippen LogP contribution in [0.4, 0.5) is 5.69 Å². The zero-order chi connectivity index (χ0) is 24.9. The fraction of sp³-hybridized carbons (Fsp3) is 0.115. The highest BCUT2D eigenvalue weighted by atomic mass is 35.5. The first-order chi connectivity index (χ1) is 16.8. The summed E-state index contributed by atoms with van der Waals surface area (Å²) >= 11 is 18.8. The highest BCUT2D eigenvalue weighted by Gasteiger charge is 2.35. The SMILES string of the molecule is C[C@@H](c1ccccc1)N1C(=O)/C(=C/c2ccc(OCC(=O)Nc3cccc(Cl)c3Cl)cc2)SC1=S. The molecule has 1 saturated heterocycles. The molecular weight excluding hydrogens is 523 g/mol. The Morgan fingerprint density at radius 1 is 1.09 bits per heavy atom. The van der Waals surface area contributed by atoms with Crippen LogP contribution in [0.5, 0.6) is 5.75 Å². The first kappa shape index (κ1) is 25.3. The molecule has 1 atom stereocenters. The lowest BCUT2D eigenvalue weighted by Gasteiger charge is -2.23. The number of thiocarbonyl (C=S) groups is 1. The van der Waals surface area contributed by atoms with Crippen molar-refractivity contribution in [3.8, 4) is 5.75 Å². The summed E-state index contributed by atoms with van der Waals surface area (Å²) in [5.74, 6) is 0.0298. The summed E-state index contributed by atoms with van der Waals surface area (Å²) < 4.78 is 6.09. The van der Waals surface area contributed by atoms with Crippen LogP contribution >= 0.6 is 47.2 Å². The van der Waals surface area contributed by atoms with Crippen molar-refractivity contribution in [2.45, 2.75) is 13.0 Å². The minimum absolute atomic E-state index is 0.118. The van der Waals surface area contributed by atoms with Gasteiger partial charge in [0.25, 0.3) is 11.8 Å². The molecule has 0 bridgehead atoms. The van der Waals surface area contributed by atoms with Crippen molar-refractivity contribution >= 4 is 75.1 Å². The third-order valence-corrected chi connectivity index (χ3v) is 7.42. The molecule has 0 aromatic heterocycles. The van der Waals surface area contributed by atoms with Crippen LogP contribution in [0.25, 0.3) is 6.08 Å².